The van der Waals surface area contributed by atoms with Gasteiger partial charge in [0.25, 0.3) is 5.91 Å². The Morgan fingerprint density at radius 1 is 1.59 bits per heavy atom. The number of carbonyl (C=O) groups excluding carboxylic acids is 1. The number of hydrogen-bond acceptors (Lipinski definition) is 2. The number of aromatic nitrogens is 2. The predicted octanol–water partition coefficient (Wildman–Crippen LogP) is 2.26. The fourth-order valence-electron chi connectivity index (χ4n) is 2.48. The number of aromatic amines is 1. The first-order valence-corrected chi connectivity index (χ1v) is 7.18. The Balaban J connectivity index is 1.86. The molecule has 1 saturated carbocycles. The van der Waals surface area contributed by atoms with Gasteiger partial charge >= 0.3 is 0 Å². The number of nitrogens with zero attached hydrogens (tertiary/aromatic N) is 1. The Hall–Kier alpha value is -0.840. The number of carbonyl (C=O) groups is 1. The van der Waals surface area contributed by atoms with Gasteiger partial charge in [-0.25, -0.2) is 0 Å². The predicted molar refractivity (Wildman–Crippen MR) is 70.3 cm³/mol. The van der Waals surface area contributed by atoms with Crippen LogP contribution in [0.1, 0.15) is 35.3 Å². The van der Waals surface area contributed by atoms with Crippen molar-refractivity contribution in [2.45, 2.75) is 26.2 Å². The standard InChI is InChI=1S/C12H18BrN3O/c1-8-11(7-15-16-8)12(17)14-6-10-4-2-3-9(10)5-13/h7,9-10H,2-6H2,1H3,(H,14,17)(H,15,16). The highest BCUT2D eigenvalue weighted by molar-refractivity contribution is 9.09. The summed E-state index contributed by atoms with van der Waals surface area (Å²) >= 11 is 3.55. The molecule has 1 aliphatic carbocycles. The second kappa shape index (κ2) is 5.67. The summed E-state index contributed by atoms with van der Waals surface area (Å²) in [5.41, 5.74) is 1.48. The zero-order valence-corrected chi connectivity index (χ0v) is 11.6. The van der Waals surface area contributed by atoms with Crippen molar-refractivity contribution in [3.63, 3.8) is 0 Å². The van der Waals surface area contributed by atoms with Gasteiger partial charge in [-0.15, -0.1) is 0 Å². The lowest BCUT2D eigenvalue weighted by molar-refractivity contribution is 0.0944. The molecule has 2 unspecified atom stereocenters. The molecule has 2 rings (SSSR count). The molecule has 94 valence electrons. The molecule has 2 N–H and O–H groups in total. The van der Waals surface area contributed by atoms with Crippen LogP contribution in [0.25, 0.3) is 0 Å². The van der Waals surface area contributed by atoms with Gasteiger partial charge in [0.05, 0.1) is 11.8 Å². The largest absolute Gasteiger partial charge is 0.352 e. The molecule has 1 aromatic rings. The molecule has 0 spiro atoms. The lowest BCUT2D eigenvalue weighted by Gasteiger charge is -2.17. The summed E-state index contributed by atoms with van der Waals surface area (Å²) in [6, 6.07) is 0. The number of rotatable bonds is 4. The molecule has 5 heteroatoms. The fraction of sp³-hybridized carbons (Fsp3) is 0.667. The normalized spacial score (nSPS) is 23.9. The highest BCUT2D eigenvalue weighted by Crippen LogP contribution is 2.32. The van der Waals surface area contributed by atoms with Crippen LogP contribution in [-0.4, -0.2) is 28.0 Å². The Kier molecular flexibility index (Phi) is 4.20. The van der Waals surface area contributed by atoms with Gasteiger partial charge in [0.1, 0.15) is 0 Å². The Bertz CT molecular complexity index is 391. The Morgan fingerprint density at radius 2 is 2.35 bits per heavy atom. The Morgan fingerprint density at radius 3 is 3.00 bits per heavy atom. The number of alkyl halides is 1. The third-order valence-corrected chi connectivity index (χ3v) is 4.45. The molecule has 4 nitrogen and oxygen atoms in total. The summed E-state index contributed by atoms with van der Waals surface area (Å²) < 4.78 is 0. The van der Waals surface area contributed by atoms with Crippen LogP contribution in [0.4, 0.5) is 0 Å². The van der Waals surface area contributed by atoms with Crippen molar-refractivity contribution in [1.29, 1.82) is 0 Å². The maximum Gasteiger partial charge on any atom is 0.254 e. The second-order valence-electron chi connectivity index (χ2n) is 4.72. The first kappa shape index (κ1) is 12.6. The number of amides is 1. The summed E-state index contributed by atoms with van der Waals surface area (Å²) in [4.78, 5) is 11.9. The van der Waals surface area contributed by atoms with Crippen LogP contribution in [-0.2, 0) is 0 Å². The van der Waals surface area contributed by atoms with E-state index in [1.807, 2.05) is 6.92 Å². The van der Waals surface area contributed by atoms with Crippen molar-refractivity contribution in [3.05, 3.63) is 17.5 Å². The van der Waals surface area contributed by atoms with E-state index in [-0.39, 0.29) is 5.91 Å². The minimum Gasteiger partial charge on any atom is -0.352 e. The van der Waals surface area contributed by atoms with Gasteiger partial charge in [0.2, 0.25) is 0 Å². The average Bonchev–Trinajstić information content (AvgIpc) is 2.94. The minimum atomic E-state index is -0.0172. The smallest absolute Gasteiger partial charge is 0.254 e. The van der Waals surface area contributed by atoms with Crippen LogP contribution >= 0.6 is 15.9 Å². The van der Waals surface area contributed by atoms with E-state index in [1.54, 1.807) is 6.20 Å². The molecular formula is C12H18BrN3O. The fourth-order valence-corrected chi connectivity index (χ4v) is 3.34. The zero-order chi connectivity index (χ0) is 12.3. The van der Waals surface area contributed by atoms with Gasteiger partial charge in [-0.2, -0.15) is 5.10 Å². The quantitative estimate of drug-likeness (QED) is 0.838. The summed E-state index contributed by atoms with van der Waals surface area (Å²) in [6.45, 7) is 2.64. The molecule has 1 aliphatic rings. The van der Waals surface area contributed by atoms with E-state index in [0.717, 1.165) is 17.6 Å². The molecule has 0 aliphatic heterocycles. The van der Waals surface area contributed by atoms with Gasteiger partial charge in [-0.1, -0.05) is 22.4 Å². The molecule has 1 amide bonds. The lowest BCUT2D eigenvalue weighted by atomic mass is 9.98. The first-order valence-electron chi connectivity index (χ1n) is 6.06. The summed E-state index contributed by atoms with van der Waals surface area (Å²) in [5, 5.41) is 10.7. The number of halogens is 1. The number of nitrogens with one attached hydrogen (secondary N) is 2. The highest BCUT2D eigenvalue weighted by atomic mass is 79.9. The van der Waals surface area contributed by atoms with Gasteiger partial charge < -0.3 is 5.32 Å². The van der Waals surface area contributed by atoms with E-state index in [2.05, 4.69) is 31.4 Å². The van der Waals surface area contributed by atoms with Crippen LogP contribution < -0.4 is 5.32 Å². The van der Waals surface area contributed by atoms with Crippen LogP contribution in [0.15, 0.2) is 6.20 Å². The van der Waals surface area contributed by atoms with Crippen LogP contribution in [0.5, 0.6) is 0 Å². The van der Waals surface area contributed by atoms with Gasteiger partial charge in [-0.05, 0) is 31.6 Å². The lowest BCUT2D eigenvalue weighted by Crippen LogP contribution is -2.31. The highest BCUT2D eigenvalue weighted by Gasteiger charge is 2.26. The molecule has 2 atom stereocenters. The summed E-state index contributed by atoms with van der Waals surface area (Å²) in [7, 11) is 0. The van der Waals surface area contributed by atoms with Crippen LogP contribution in [0, 0.1) is 18.8 Å². The van der Waals surface area contributed by atoms with Crippen molar-refractivity contribution in [1.82, 2.24) is 15.5 Å². The number of hydrogen-bond donors (Lipinski definition) is 2. The van der Waals surface area contributed by atoms with E-state index < -0.39 is 0 Å². The third kappa shape index (κ3) is 2.89. The average molecular weight is 300 g/mol. The topological polar surface area (TPSA) is 57.8 Å². The molecule has 0 radical (unpaired) electrons. The molecule has 0 aromatic carbocycles. The molecule has 0 bridgehead atoms. The molecule has 1 fully saturated rings. The van der Waals surface area contributed by atoms with Crippen molar-refractivity contribution in [2.24, 2.45) is 11.8 Å². The maximum atomic E-state index is 11.9. The van der Waals surface area contributed by atoms with Crippen molar-refractivity contribution >= 4 is 21.8 Å². The molecular weight excluding hydrogens is 282 g/mol. The van der Waals surface area contributed by atoms with Crippen molar-refractivity contribution in [3.8, 4) is 0 Å². The van der Waals surface area contributed by atoms with Crippen molar-refractivity contribution < 1.29 is 4.79 Å². The molecule has 0 saturated heterocycles. The van der Waals surface area contributed by atoms with Crippen molar-refractivity contribution in [2.75, 3.05) is 11.9 Å². The molecule has 1 aromatic heterocycles. The van der Waals surface area contributed by atoms with E-state index >= 15 is 0 Å². The van der Waals surface area contributed by atoms with Gasteiger partial charge in [-0.3, -0.25) is 9.89 Å². The van der Waals surface area contributed by atoms with Gasteiger partial charge in [0.15, 0.2) is 0 Å². The van der Waals surface area contributed by atoms with E-state index in [1.165, 1.54) is 19.3 Å². The van der Waals surface area contributed by atoms with E-state index in [4.69, 9.17) is 0 Å². The van der Waals surface area contributed by atoms with Crippen LogP contribution in [0.3, 0.4) is 0 Å². The summed E-state index contributed by atoms with van der Waals surface area (Å²) in [5.74, 6) is 1.31. The van der Waals surface area contributed by atoms with Crippen LogP contribution in [0.2, 0.25) is 0 Å². The number of aryl methyl sites for hydroxylation is 1. The molecule has 17 heavy (non-hydrogen) atoms. The second-order valence-corrected chi connectivity index (χ2v) is 5.37. The minimum absolute atomic E-state index is 0.0172. The van der Waals surface area contributed by atoms with E-state index in [0.29, 0.717) is 17.4 Å². The third-order valence-electron chi connectivity index (χ3n) is 3.61. The van der Waals surface area contributed by atoms with Gasteiger partial charge in [0, 0.05) is 17.6 Å². The van der Waals surface area contributed by atoms with E-state index in [9.17, 15) is 4.79 Å². The Labute approximate surface area is 110 Å². The summed E-state index contributed by atoms with van der Waals surface area (Å²) in [6.07, 6.45) is 5.36. The first-order chi connectivity index (χ1) is 8.22. The molecule has 1 heterocycles. The monoisotopic (exact) mass is 299 g/mol. The SMILES string of the molecule is Cc1[nH]ncc1C(=O)NCC1CCCC1CBr. The zero-order valence-electron chi connectivity index (χ0n) is 10.0. The maximum absolute atomic E-state index is 11.9. The number of H-pyrrole nitrogens is 1.